The Hall–Kier alpha value is -0.580. The summed E-state index contributed by atoms with van der Waals surface area (Å²) in [6, 6.07) is 7.71. The topological polar surface area (TPSA) is 29.5 Å². The Morgan fingerprint density at radius 3 is 2.47 bits per heavy atom. The average Bonchev–Trinajstić information content (AvgIpc) is 2.38. The summed E-state index contributed by atoms with van der Waals surface area (Å²) in [5, 5.41) is 10.1. The normalized spacial score (nSPS) is 19.9. The van der Waals surface area contributed by atoms with Gasteiger partial charge in [0.05, 0.1) is 20.1 Å². The third-order valence-electron chi connectivity index (χ3n) is 3.80. The largest absolute Gasteiger partial charge is 0.491 e. The maximum atomic E-state index is 10.1. The molecule has 1 aromatic rings. The highest BCUT2D eigenvalue weighted by Crippen LogP contribution is 2.18. The van der Waals surface area contributed by atoms with Crippen molar-refractivity contribution in [3.05, 3.63) is 28.7 Å². The monoisotopic (exact) mass is 328 g/mol. The second-order valence-corrected chi connectivity index (χ2v) is 6.64. The molecule has 1 heterocycles. The van der Waals surface area contributed by atoms with Crippen molar-refractivity contribution in [3.8, 4) is 5.75 Å². The third-order valence-corrected chi connectivity index (χ3v) is 4.33. The Morgan fingerprint density at radius 2 is 1.84 bits per heavy atom. The molecular formula is C15H23BrNO2+. The van der Waals surface area contributed by atoms with Gasteiger partial charge in [0.25, 0.3) is 0 Å². The summed E-state index contributed by atoms with van der Waals surface area (Å²) in [6.07, 6.45) is 3.49. The van der Waals surface area contributed by atoms with Crippen LogP contribution >= 0.6 is 15.9 Å². The van der Waals surface area contributed by atoms with Gasteiger partial charge in [-0.25, -0.2) is 0 Å². The Bertz CT molecular complexity index is 388. The highest BCUT2D eigenvalue weighted by molar-refractivity contribution is 9.10. The molecule has 1 N–H and O–H groups in total. The molecule has 0 unspecified atom stereocenters. The minimum atomic E-state index is -0.397. The second kappa shape index (κ2) is 6.73. The Morgan fingerprint density at radius 1 is 1.21 bits per heavy atom. The number of aliphatic hydroxyl groups is 1. The molecule has 0 saturated carbocycles. The van der Waals surface area contributed by atoms with Crippen LogP contribution in [0, 0.1) is 0 Å². The van der Waals surface area contributed by atoms with Gasteiger partial charge >= 0.3 is 0 Å². The summed E-state index contributed by atoms with van der Waals surface area (Å²) in [4.78, 5) is 0. The third kappa shape index (κ3) is 4.79. The molecular weight excluding hydrogens is 306 g/mol. The summed E-state index contributed by atoms with van der Waals surface area (Å²) in [6.45, 7) is 3.51. The lowest BCUT2D eigenvalue weighted by Gasteiger charge is -2.39. The number of ether oxygens (including phenoxy) is 1. The first kappa shape index (κ1) is 14.8. The summed E-state index contributed by atoms with van der Waals surface area (Å²) in [5.74, 6) is 0.809. The molecule has 1 fully saturated rings. The molecule has 0 spiro atoms. The Kier molecular flexibility index (Phi) is 5.25. The molecule has 19 heavy (non-hydrogen) atoms. The first-order valence-corrected chi connectivity index (χ1v) is 7.77. The van der Waals surface area contributed by atoms with Crippen molar-refractivity contribution in [3.63, 3.8) is 0 Å². The maximum absolute atomic E-state index is 10.1. The van der Waals surface area contributed by atoms with Crippen molar-refractivity contribution in [1.82, 2.24) is 0 Å². The predicted molar refractivity (Wildman–Crippen MR) is 80.3 cm³/mol. The van der Waals surface area contributed by atoms with Crippen LogP contribution in [0.4, 0.5) is 0 Å². The molecule has 1 aromatic carbocycles. The fourth-order valence-corrected chi connectivity index (χ4v) is 3.01. The fraction of sp³-hybridized carbons (Fsp3) is 0.600. The molecule has 0 aliphatic carbocycles. The van der Waals surface area contributed by atoms with E-state index in [4.69, 9.17) is 4.74 Å². The number of hydrogen-bond acceptors (Lipinski definition) is 2. The number of benzene rings is 1. The van der Waals surface area contributed by atoms with Crippen LogP contribution in [0.3, 0.4) is 0 Å². The zero-order chi connectivity index (χ0) is 13.7. The molecule has 1 aliphatic rings. The van der Waals surface area contributed by atoms with E-state index in [-0.39, 0.29) is 0 Å². The molecule has 0 aromatic heterocycles. The van der Waals surface area contributed by atoms with E-state index in [1.54, 1.807) is 0 Å². The van der Waals surface area contributed by atoms with Crippen LogP contribution in [-0.4, -0.2) is 49.0 Å². The molecule has 0 amide bonds. The van der Waals surface area contributed by atoms with Crippen molar-refractivity contribution in [2.24, 2.45) is 0 Å². The number of quaternary nitrogens is 1. The van der Waals surface area contributed by atoms with E-state index in [9.17, 15) is 5.11 Å². The number of aliphatic hydroxyl groups excluding tert-OH is 1. The van der Waals surface area contributed by atoms with Crippen LogP contribution in [0.25, 0.3) is 0 Å². The van der Waals surface area contributed by atoms with Crippen LogP contribution in [0.5, 0.6) is 5.75 Å². The molecule has 1 aliphatic heterocycles. The maximum Gasteiger partial charge on any atom is 0.137 e. The quantitative estimate of drug-likeness (QED) is 0.842. The number of likely N-dealkylation sites (N-methyl/N-ethyl adjacent to an activating group) is 1. The molecule has 1 saturated heterocycles. The molecule has 106 valence electrons. The van der Waals surface area contributed by atoms with E-state index in [1.165, 1.54) is 32.4 Å². The number of nitrogens with zero attached hydrogens (tertiary/aromatic N) is 1. The van der Waals surface area contributed by atoms with Gasteiger partial charge in [-0.1, -0.05) is 15.9 Å². The van der Waals surface area contributed by atoms with Crippen LogP contribution in [0.1, 0.15) is 19.3 Å². The van der Waals surface area contributed by atoms with Crippen LogP contribution in [0.15, 0.2) is 28.7 Å². The zero-order valence-corrected chi connectivity index (χ0v) is 13.1. The zero-order valence-electron chi connectivity index (χ0n) is 11.5. The lowest BCUT2D eigenvalue weighted by molar-refractivity contribution is -0.916. The SMILES string of the molecule is C[N+]1(C[C@@H](O)COc2ccc(Br)cc2)CCCCC1. The van der Waals surface area contributed by atoms with Gasteiger partial charge in [-0.3, -0.25) is 0 Å². The minimum absolute atomic E-state index is 0.371. The van der Waals surface area contributed by atoms with Crippen molar-refractivity contribution in [1.29, 1.82) is 0 Å². The Labute approximate surface area is 123 Å². The van der Waals surface area contributed by atoms with Gasteiger partial charge in [-0.05, 0) is 43.5 Å². The summed E-state index contributed by atoms with van der Waals surface area (Å²) >= 11 is 3.39. The van der Waals surface area contributed by atoms with Crippen LogP contribution < -0.4 is 4.74 Å². The highest BCUT2D eigenvalue weighted by atomic mass is 79.9. The van der Waals surface area contributed by atoms with Gasteiger partial charge in [-0.15, -0.1) is 0 Å². The van der Waals surface area contributed by atoms with Crippen LogP contribution in [-0.2, 0) is 0 Å². The minimum Gasteiger partial charge on any atom is -0.491 e. The smallest absolute Gasteiger partial charge is 0.137 e. The predicted octanol–water partition coefficient (Wildman–Crippen LogP) is 2.82. The van der Waals surface area contributed by atoms with E-state index in [1.807, 2.05) is 24.3 Å². The standard InChI is InChI=1S/C15H23BrNO2/c1-17(9-3-2-4-10-17)11-14(18)12-19-15-7-5-13(16)6-8-15/h5-8,14,18H,2-4,9-12H2,1H3/q+1/t14-/m1/s1. The van der Waals surface area contributed by atoms with Crippen molar-refractivity contribution >= 4 is 15.9 Å². The van der Waals surface area contributed by atoms with Gasteiger partial charge in [0, 0.05) is 4.47 Å². The van der Waals surface area contributed by atoms with Gasteiger partial charge < -0.3 is 14.3 Å². The van der Waals surface area contributed by atoms with Gasteiger partial charge in [0.15, 0.2) is 0 Å². The van der Waals surface area contributed by atoms with Gasteiger partial charge in [0.1, 0.15) is 25.0 Å². The van der Waals surface area contributed by atoms with Crippen LogP contribution in [0.2, 0.25) is 0 Å². The molecule has 3 nitrogen and oxygen atoms in total. The highest BCUT2D eigenvalue weighted by Gasteiger charge is 2.27. The van der Waals surface area contributed by atoms with Gasteiger partial charge in [0.2, 0.25) is 0 Å². The first-order chi connectivity index (χ1) is 9.07. The number of rotatable bonds is 5. The summed E-state index contributed by atoms with van der Waals surface area (Å²) in [7, 11) is 2.24. The fourth-order valence-electron chi connectivity index (χ4n) is 2.74. The Balaban J connectivity index is 1.77. The lowest BCUT2D eigenvalue weighted by atomic mass is 10.1. The van der Waals surface area contributed by atoms with E-state index in [0.717, 1.165) is 21.3 Å². The number of piperidine rings is 1. The van der Waals surface area contributed by atoms with E-state index in [0.29, 0.717) is 6.61 Å². The number of likely N-dealkylation sites (tertiary alicyclic amines) is 1. The molecule has 2 rings (SSSR count). The first-order valence-electron chi connectivity index (χ1n) is 6.97. The summed E-state index contributed by atoms with van der Waals surface area (Å²) < 4.78 is 7.64. The van der Waals surface area contributed by atoms with E-state index >= 15 is 0 Å². The lowest BCUT2D eigenvalue weighted by Crippen LogP contribution is -2.52. The van der Waals surface area contributed by atoms with Crippen molar-refractivity contribution in [2.75, 3.05) is 33.3 Å². The van der Waals surface area contributed by atoms with Gasteiger partial charge in [-0.2, -0.15) is 0 Å². The van der Waals surface area contributed by atoms with E-state index < -0.39 is 6.10 Å². The van der Waals surface area contributed by atoms with E-state index in [2.05, 4.69) is 23.0 Å². The van der Waals surface area contributed by atoms with Crippen molar-refractivity contribution < 1.29 is 14.3 Å². The van der Waals surface area contributed by atoms with Crippen molar-refractivity contribution in [2.45, 2.75) is 25.4 Å². The second-order valence-electron chi connectivity index (χ2n) is 5.73. The average molecular weight is 329 g/mol. The molecule has 1 atom stereocenters. The summed E-state index contributed by atoms with van der Waals surface area (Å²) in [5.41, 5.74) is 0. The number of halogens is 1. The molecule has 4 heteroatoms. The number of hydrogen-bond donors (Lipinski definition) is 1. The molecule has 0 radical (unpaired) electrons. The molecule has 0 bridgehead atoms.